The summed E-state index contributed by atoms with van der Waals surface area (Å²) in [5, 5.41) is 0. The molecule has 3 amide bonds. The Balaban J connectivity index is 1.35. The molecule has 1 fully saturated rings. The van der Waals surface area contributed by atoms with E-state index in [0.29, 0.717) is 29.1 Å². The minimum Gasteiger partial charge on any atom is -0.484 e. The van der Waals surface area contributed by atoms with Crippen molar-refractivity contribution >= 4 is 29.1 Å². The van der Waals surface area contributed by atoms with Crippen molar-refractivity contribution in [3.63, 3.8) is 0 Å². The van der Waals surface area contributed by atoms with Crippen LogP contribution in [-0.4, -0.2) is 48.0 Å². The summed E-state index contributed by atoms with van der Waals surface area (Å²) < 4.78 is 6.35. The molecule has 38 heavy (non-hydrogen) atoms. The summed E-state index contributed by atoms with van der Waals surface area (Å²) in [5.74, 6) is -0.593. The van der Waals surface area contributed by atoms with Crippen LogP contribution in [0.4, 0.5) is 11.4 Å². The number of hydrogen-bond donors (Lipinski definition) is 0. The molecule has 2 heterocycles. The van der Waals surface area contributed by atoms with Gasteiger partial charge in [-0.2, -0.15) is 0 Å². The minimum atomic E-state index is -0.498. The molecule has 0 unspecified atom stereocenters. The molecule has 0 aliphatic carbocycles. The molecule has 0 aromatic heterocycles. The summed E-state index contributed by atoms with van der Waals surface area (Å²) in [6.45, 7) is 0.186. The van der Waals surface area contributed by atoms with Crippen molar-refractivity contribution in [1.82, 2.24) is 4.90 Å². The zero-order valence-electron chi connectivity index (χ0n) is 20.5. The fraction of sp³-hybridized carbons (Fsp3) is 0.129. The van der Waals surface area contributed by atoms with Crippen molar-refractivity contribution in [2.75, 3.05) is 22.9 Å². The first kappa shape index (κ1) is 23.5. The summed E-state index contributed by atoms with van der Waals surface area (Å²) in [6.07, 6.45) is -0.841. The lowest BCUT2D eigenvalue weighted by Crippen LogP contribution is -2.71. The highest BCUT2D eigenvalue weighted by molar-refractivity contribution is 6.22. The van der Waals surface area contributed by atoms with Gasteiger partial charge in [0.25, 0.3) is 11.8 Å². The number of imide groups is 1. The Morgan fingerprint density at radius 3 is 1.87 bits per heavy atom. The molecule has 2 atom stereocenters. The van der Waals surface area contributed by atoms with Crippen LogP contribution in [0.1, 0.15) is 20.7 Å². The fourth-order valence-electron chi connectivity index (χ4n) is 5.04. The van der Waals surface area contributed by atoms with Gasteiger partial charge in [0.15, 0.2) is 6.10 Å². The van der Waals surface area contributed by atoms with Crippen LogP contribution < -0.4 is 14.5 Å². The van der Waals surface area contributed by atoms with Crippen LogP contribution in [0, 0.1) is 0 Å². The third-order valence-corrected chi connectivity index (χ3v) is 6.89. The number of para-hydroxylation sites is 3. The number of nitrogens with zero attached hydrogens (tertiary/aromatic N) is 3. The Hall–Kier alpha value is -4.91. The minimum absolute atomic E-state index is 0.316. The molecule has 2 aliphatic rings. The fourth-order valence-corrected chi connectivity index (χ4v) is 5.04. The van der Waals surface area contributed by atoms with E-state index in [0.717, 1.165) is 10.6 Å². The summed E-state index contributed by atoms with van der Waals surface area (Å²) in [4.78, 5) is 44.9. The zero-order chi connectivity index (χ0) is 26.1. The Morgan fingerprint density at radius 1 is 0.737 bits per heavy atom. The van der Waals surface area contributed by atoms with Gasteiger partial charge in [-0.15, -0.1) is 0 Å². The van der Waals surface area contributed by atoms with Crippen LogP contribution in [0.3, 0.4) is 0 Å². The highest BCUT2D eigenvalue weighted by atomic mass is 16.5. The van der Waals surface area contributed by atoms with E-state index < -0.39 is 18.0 Å². The molecule has 1 saturated heterocycles. The number of rotatable bonds is 7. The number of carbonyl (C=O) groups is 3. The summed E-state index contributed by atoms with van der Waals surface area (Å²) >= 11 is 0. The maximum absolute atomic E-state index is 14.0. The van der Waals surface area contributed by atoms with Gasteiger partial charge >= 0.3 is 0 Å². The Kier molecular flexibility index (Phi) is 6.09. The second kappa shape index (κ2) is 9.86. The third-order valence-electron chi connectivity index (χ3n) is 6.89. The molecule has 188 valence electrons. The zero-order valence-corrected chi connectivity index (χ0v) is 20.5. The largest absolute Gasteiger partial charge is 0.484 e. The van der Waals surface area contributed by atoms with Gasteiger partial charge in [-0.3, -0.25) is 24.2 Å². The molecule has 7 nitrogen and oxygen atoms in total. The maximum Gasteiger partial charge on any atom is 0.262 e. The lowest BCUT2D eigenvalue weighted by atomic mass is 10.0. The van der Waals surface area contributed by atoms with Crippen LogP contribution >= 0.6 is 0 Å². The number of hydrogen-bond acceptors (Lipinski definition) is 5. The van der Waals surface area contributed by atoms with E-state index in [2.05, 4.69) is 4.90 Å². The SMILES string of the molecule is O=C1c2ccccc2C(=O)N1CC(=O)N(c1ccccc1)[C@H]1[C@H](Oc2ccccc2)CN1c1ccccc1. The number of carbonyl (C=O) groups excluding carboxylic acids is 3. The van der Waals surface area contributed by atoms with Crippen molar-refractivity contribution in [2.45, 2.75) is 12.3 Å². The molecule has 0 saturated carbocycles. The number of anilines is 2. The van der Waals surface area contributed by atoms with Gasteiger partial charge < -0.3 is 9.64 Å². The molecule has 6 rings (SSSR count). The molecule has 0 N–H and O–H groups in total. The van der Waals surface area contributed by atoms with E-state index in [4.69, 9.17) is 4.74 Å². The molecule has 4 aromatic rings. The van der Waals surface area contributed by atoms with E-state index in [9.17, 15) is 14.4 Å². The smallest absolute Gasteiger partial charge is 0.262 e. The van der Waals surface area contributed by atoms with E-state index >= 15 is 0 Å². The molecule has 7 heteroatoms. The van der Waals surface area contributed by atoms with Crippen molar-refractivity contribution in [3.8, 4) is 5.75 Å². The Bertz CT molecular complexity index is 1440. The van der Waals surface area contributed by atoms with Gasteiger partial charge in [-0.1, -0.05) is 66.7 Å². The average molecular weight is 504 g/mol. The van der Waals surface area contributed by atoms with Gasteiger partial charge in [-0.25, -0.2) is 0 Å². The van der Waals surface area contributed by atoms with Gasteiger partial charge in [0.1, 0.15) is 18.5 Å². The van der Waals surface area contributed by atoms with Crippen molar-refractivity contribution < 1.29 is 19.1 Å². The van der Waals surface area contributed by atoms with Crippen LogP contribution in [0.5, 0.6) is 5.75 Å². The summed E-state index contributed by atoms with van der Waals surface area (Å²) in [5.41, 5.74) is 2.23. The highest BCUT2D eigenvalue weighted by Crippen LogP contribution is 2.35. The topological polar surface area (TPSA) is 70.2 Å². The average Bonchev–Trinajstić information content (AvgIpc) is 3.20. The van der Waals surface area contributed by atoms with E-state index in [1.807, 2.05) is 91.0 Å². The van der Waals surface area contributed by atoms with E-state index in [-0.39, 0.29) is 18.6 Å². The first-order valence-corrected chi connectivity index (χ1v) is 12.5. The van der Waals surface area contributed by atoms with Gasteiger partial charge in [0, 0.05) is 11.4 Å². The highest BCUT2D eigenvalue weighted by Gasteiger charge is 2.48. The Labute approximate surface area is 220 Å². The lowest BCUT2D eigenvalue weighted by Gasteiger charge is -2.53. The molecule has 0 bridgehead atoms. The molecule has 0 radical (unpaired) electrons. The van der Waals surface area contributed by atoms with Crippen LogP contribution in [0.2, 0.25) is 0 Å². The summed E-state index contributed by atoms with van der Waals surface area (Å²) in [7, 11) is 0. The predicted molar refractivity (Wildman–Crippen MR) is 144 cm³/mol. The van der Waals surface area contributed by atoms with Crippen LogP contribution in [0.25, 0.3) is 0 Å². The molecule has 4 aromatic carbocycles. The summed E-state index contributed by atoms with van der Waals surface area (Å²) in [6, 6.07) is 35.3. The molecular formula is C31H25N3O4. The number of ether oxygens (including phenoxy) is 1. The first-order chi connectivity index (χ1) is 18.6. The maximum atomic E-state index is 14.0. The van der Waals surface area contributed by atoms with Crippen molar-refractivity contribution in [1.29, 1.82) is 0 Å². The quantitative estimate of drug-likeness (QED) is 0.345. The van der Waals surface area contributed by atoms with Crippen molar-refractivity contribution in [2.24, 2.45) is 0 Å². The lowest BCUT2D eigenvalue weighted by molar-refractivity contribution is -0.120. The predicted octanol–water partition coefficient (Wildman–Crippen LogP) is 4.61. The third kappa shape index (κ3) is 4.18. The standard InChI is InChI=1S/C31H25N3O4/c35-28(21-33-30(36)25-18-10-11-19-26(25)31(33)37)34(23-14-6-2-7-15-23)29-27(38-24-16-8-3-9-17-24)20-32(29)22-12-4-1-5-13-22/h1-19,27,29H,20-21H2/t27-,29+/m1/s1. The van der Waals surface area contributed by atoms with Crippen LogP contribution in [0.15, 0.2) is 115 Å². The number of fused-ring (bicyclic) bond motifs is 1. The first-order valence-electron chi connectivity index (χ1n) is 12.5. The monoisotopic (exact) mass is 503 g/mol. The van der Waals surface area contributed by atoms with E-state index in [1.165, 1.54) is 0 Å². The van der Waals surface area contributed by atoms with Gasteiger partial charge in [0.05, 0.1) is 17.7 Å². The number of amides is 3. The molecule has 2 aliphatic heterocycles. The van der Waals surface area contributed by atoms with E-state index in [1.54, 1.807) is 29.2 Å². The Morgan fingerprint density at radius 2 is 1.26 bits per heavy atom. The van der Waals surface area contributed by atoms with Crippen molar-refractivity contribution in [3.05, 3.63) is 126 Å². The normalized spacial score (nSPS) is 18.1. The molecule has 0 spiro atoms. The van der Waals surface area contributed by atoms with Crippen LogP contribution in [-0.2, 0) is 4.79 Å². The molecular weight excluding hydrogens is 478 g/mol. The second-order valence-electron chi connectivity index (χ2n) is 9.21. The second-order valence-corrected chi connectivity index (χ2v) is 9.21. The van der Waals surface area contributed by atoms with Gasteiger partial charge in [-0.05, 0) is 48.5 Å². The van der Waals surface area contributed by atoms with Gasteiger partial charge in [0.2, 0.25) is 5.91 Å². The number of benzene rings is 4.